The van der Waals surface area contributed by atoms with E-state index in [2.05, 4.69) is 36.3 Å². The van der Waals surface area contributed by atoms with Crippen molar-refractivity contribution in [2.75, 3.05) is 20.2 Å². The monoisotopic (exact) mass is 277 g/mol. The van der Waals surface area contributed by atoms with Crippen LogP contribution in [0.1, 0.15) is 32.3 Å². The quantitative estimate of drug-likeness (QED) is 0.567. The van der Waals surface area contributed by atoms with Crippen LogP contribution in [0, 0.1) is 5.92 Å². The van der Waals surface area contributed by atoms with Gasteiger partial charge in [0.15, 0.2) is 5.96 Å². The van der Waals surface area contributed by atoms with Gasteiger partial charge in [0, 0.05) is 13.1 Å². The fraction of sp³-hybridized carbons (Fsp3) is 0.562. The van der Waals surface area contributed by atoms with E-state index in [1.165, 1.54) is 5.56 Å². The van der Waals surface area contributed by atoms with Gasteiger partial charge in [-0.1, -0.05) is 38.8 Å². The van der Waals surface area contributed by atoms with Gasteiger partial charge in [0.2, 0.25) is 0 Å². The molecule has 0 atom stereocenters. The summed E-state index contributed by atoms with van der Waals surface area (Å²) in [5.74, 6) is 2.07. The maximum Gasteiger partial charge on any atom is 0.188 e. The maximum absolute atomic E-state index is 5.86. The van der Waals surface area contributed by atoms with E-state index in [1.807, 2.05) is 12.1 Å². The summed E-state index contributed by atoms with van der Waals surface area (Å²) in [7, 11) is 1.67. The van der Waals surface area contributed by atoms with Crippen LogP contribution in [0.15, 0.2) is 29.3 Å². The van der Waals surface area contributed by atoms with Crippen molar-refractivity contribution in [1.82, 2.24) is 5.32 Å². The van der Waals surface area contributed by atoms with E-state index < -0.39 is 0 Å². The highest BCUT2D eigenvalue weighted by molar-refractivity contribution is 5.77. The molecule has 0 unspecified atom stereocenters. The lowest BCUT2D eigenvalue weighted by Crippen LogP contribution is -2.33. The van der Waals surface area contributed by atoms with Gasteiger partial charge in [0.05, 0.1) is 7.11 Å². The van der Waals surface area contributed by atoms with Crippen molar-refractivity contribution in [3.63, 3.8) is 0 Å². The maximum atomic E-state index is 5.86. The molecule has 3 N–H and O–H groups in total. The highest BCUT2D eigenvalue weighted by Gasteiger charge is 2.02. The Hall–Kier alpha value is -1.71. The van der Waals surface area contributed by atoms with Crippen molar-refractivity contribution in [1.29, 1.82) is 0 Å². The van der Waals surface area contributed by atoms with Crippen LogP contribution >= 0.6 is 0 Å². The fourth-order valence-electron chi connectivity index (χ4n) is 1.96. The van der Waals surface area contributed by atoms with Crippen LogP contribution in [0.5, 0.6) is 5.75 Å². The average molecular weight is 277 g/mol. The first kappa shape index (κ1) is 16.3. The van der Waals surface area contributed by atoms with Crippen LogP contribution in [0.2, 0.25) is 0 Å². The molecule has 0 aliphatic carbocycles. The Bertz CT molecular complexity index is 397. The molecule has 0 fully saturated rings. The molecule has 0 bridgehead atoms. The molecule has 0 saturated heterocycles. The largest absolute Gasteiger partial charge is 0.497 e. The molecule has 0 aliphatic rings. The third-order valence-corrected chi connectivity index (χ3v) is 3.55. The Labute approximate surface area is 122 Å². The molecule has 112 valence electrons. The zero-order chi connectivity index (χ0) is 14.8. The molecule has 20 heavy (non-hydrogen) atoms. The lowest BCUT2D eigenvalue weighted by atomic mass is 10.0. The minimum absolute atomic E-state index is 0.547. The number of methoxy groups -OCH3 is 1. The van der Waals surface area contributed by atoms with E-state index in [9.17, 15) is 0 Å². The Morgan fingerprint density at radius 3 is 2.45 bits per heavy atom. The molecule has 0 aromatic heterocycles. The minimum atomic E-state index is 0.547. The summed E-state index contributed by atoms with van der Waals surface area (Å²) in [5.41, 5.74) is 7.12. The summed E-state index contributed by atoms with van der Waals surface area (Å²) in [4.78, 5) is 4.39. The minimum Gasteiger partial charge on any atom is -0.497 e. The van der Waals surface area contributed by atoms with E-state index in [0.717, 1.165) is 38.1 Å². The standard InChI is InChI=1S/C16H27N3O/c1-4-13(5-2)12-19-16(17)18-11-10-14-6-8-15(20-3)9-7-14/h6-9,13H,4-5,10-12H2,1-3H3,(H3,17,18,19). The van der Waals surface area contributed by atoms with Gasteiger partial charge >= 0.3 is 0 Å². The average Bonchev–Trinajstić information content (AvgIpc) is 2.49. The van der Waals surface area contributed by atoms with Gasteiger partial charge in [-0.25, -0.2) is 0 Å². The Morgan fingerprint density at radius 1 is 1.25 bits per heavy atom. The highest BCUT2D eigenvalue weighted by atomic mass is 16.5. The SMILES string of the molecule is CCC(CC)CN=C(N)NCCc1ccc(OC)cc1. The van der Waals surface area contributed by atoms with Crippen molar-refractivity contribution in [2.24, 2.45) is 16.6 Å². The number of aliphatic imine (C=N–C) groups is 1. The number of hydrogen-bond acceptors (Lipinski definition) is 2. The number of guanidine groups is 1. The van der Waals surface area contributed by atoms with Gasteiger partial charge in [-0.05, 0) is 30.0 Å². The van der Waals surface area contributed by atoms with Crippen LogP contribution in [-0.2, 0) is 6.42 Å². The predicted molar refractivity (Wildman–Crippen MR) is 85.3 cm³/mol. The first-order valence-electron chi connectivity index (χ1n) is 7.36. The lowest BCUT2D eigenvalue weighted by Gasteiger charge is -2.10. The third-order valence-electron chi connectivity index (χ3n) is 3.55. The van der Waals surface area contributed by atoms with Crippen LogP contribution in [0.4, 0.5) is 0 Å². The smallest absolute Gasteiger partial charge is 0.188 e. The Morgan fingerprint density at radius 2 is 1.90 bits per heavy atom. The summed E-state index contributed by atoms with van der Waals surface area (Å²) in [6.45, 7) is 5.99. The van der Waals surface area contributed by atoms with Crippen molar-refractivity contribution in [3.8, 4) is 5.75 Å². The van der Waals surface area contributed by atoms with Crippen molar-refractivity contribution in [3.05, 3.63) is 29.8 Å². The summed E-state index contributed by atoms with van der Waals surface area (Å²) in [5, 5.41) is 3.16. The molecule has 1 aromatic carbocycles. The molecule has 0 aliphatic heterocycles. The van der Waals surface area contributed by atoms with E-state index in [4.69, 9.17) is 10.5 Å². The van der Waals surface area contributed by atoms with Gasteiger partial charge < -0.3 is 15.8 Å². The van der Waals surface area contributed by atoms with E-state index >= 15 is 0 Å². The van der Waals surface area contributed by atoms with Crippen molar-refractivity contribution >= 4 is 5.96 Å². The number of ether oxygens (including phenoxy) is 1. The van der Waals surface area contributed by atoms with Crippen LogP contribution in [0.25, 0.3) is 0 Å². The first-order chi connectivity index (χ1) is 9.69. The molecule has 1 aromatic rings. The fourth-order valence-corrected chi connectivity index (χ4v) is 1.96. The zero-order valence-electron chi connectivity index (χ0n) is 12.9. The van der Waals surface area contributed by atoms with Gasteiger partial charge in [-0.15, -0.1) is 0 Å². The molecule has 0 spiro atoms. The molecule has 1 rings (SSSR count). The van der Waals surface area contributed by atoms with E-state index in [-0.39, 0.29) is 0 Å². The summed E-state index contributed by atoms with van der Waals surface area (Å²) >= 11 is 0. The molecule has 4 heteroatoms. The number of nitrogens with zero attached hydrogens (tertiary/aromatic N) is 1. The third kappa shape index (κ3) is 5.95. The van der Waals surface area contributed by atoms with Crippen LogP contribution in [-0.4, -0.2) is 26.2 Å². The summed E-state index contributed by atoms with van der Waals surface area (Å²) in [6.07, 6.45) is 3.23. The zero-order valence-corrected chi connectivity index (χ0v) is 12.9. The van der Waals surface area contributed by atoms with Gasteiger partial charge in [0.1, 0.15) is 5.75 Å². The molecule has 0 heterocycles. The van der Waals surface area contributed by atoms with Crippen LogP contribution in [0.3, 0.4) is 0 Å². The topological polar surface area (TPSA) is 59.6 Å². The molecule has 0 amide bonds. The second-order valence-electron chi connectivity index (χ2n) is 4.93. The van der Waals surface area contributed by atoms with Gasteiger partial charge in [-0.2, -0.15) is 0 Å². The molecule has 4 nitrogen and oxygen atoms in total. The Kier molecular flexibility index (Phi) is 7.55. The molecule has 0 saturated carbocycles. The van der Waals surface area contributed by atoms with Crippen molar-refractivity contribution in [2.45, 2.75) is 33.1 Å². The molecular weight excluding hydrogens is 250 g/mol. The number of rotatable bonds is 8. The normalized spacial score (nSPS) is 11.7. The van der Waals surface area contributed by atoms with Crippen LogP contribution < -0.4 is 15.8 Å². The van der Waals surface area contributed by atoms with Crippen molar-refractivity contribution < 1.29 is 4.74 Å². The Balaban J connectivity index is 2.30. The summed E-state index contributed by atoms with van der Waals surface area (Å²) in [6, 6.07) is 8.08. The number of nitrogens with one attached hydrogen (secondary N) is 1. The number of hydrogen-bond donors (Lipinski definition) is 2. The lowest BCUT2D eigenvalue weighted by molar-refractivity contribution is 0.414. The highest BCUT2D eigenvalue weighted by Crippen LogP contribution is 2.11. The second kappa shape index (κ2) is 9.23. The first-order valence-corrected chi connectivity index (χ1v) is 7.36. The van der Waals surface area contributed by atoms with Gasteiger partial charge in [0.25, 0.3) is 0 Å². The van der Waals surface area contributed by atoms with E-state index in [1.54, 1.807) is 7.11 Å². The molecular formula is C16H27N3O. The summed E-state index contributed by atoms with van der Waals surface area (Å²) < 4.78 is 5.13. The molecule has 0 radical (unpaired) electrons. The number of benzene rings is 1. The number of nitrogens with two attached hydrogens (primary N) is 1. The predicted octanol–water partition coefficient (Wildman–Crippen LogP) is 2.58. The van der Waals surface area contributed by atoms with E-state index in [0.29, 0.717) is 11.9 Å². The van der Waals surface area contributed by atoms with Gasteiger partial charge in [-0.3, -0.25) is 4.99 Å². The second-order valence-corrected chi connectivity index (χ2v) is 4.93.